The highest BCUT2D eigenvalue weighted by molar-refractivity contribution is 5.88. The number of nitrogens with one attached hydrogen (secondary N) is 1. The first-order valence-electron chi connectivity index (χ1n) is 11.3. The molecule has 3 aromatic carbocycles. The highest BCUT2D eigenvalue weighted by Crippen LogP contribution is 2.18. The van der Waals surface area contributed by atoms with Crippen LogP contribution >= 0.6 is 0 Å². The SMILES string of the molecule is CC(C)CNC(=O)[C@@H](Cc1ccccc1)N(Cc1ccccc1F)C(=O)Cc1ccccc1. The lowest BCUT2D eigenvalue weighted by molar-refractivity contribution is -0.140. The van der Waals surface area contributed by atoms with Gasteiger partial charge in [-0.3, -0.25) is 9.59 Å². The normalized spacial score (nSPS) is 11.8. The number of nitrogens with zero attached hydrogens (tertiary/aromatic N) is 1. The van der Waals surface area contributed by atoms with Crippen LogP contribution in [0.1, 0.15) is 30.5 Å². The van der Waals surface area contributed by atoms with E-state index in [9.17, 15) is 14.0 Å². The Balaban J connectivity index is 1.95. The van der Waals surface area contributed by atoms with Gasteiger partial charge in [-0.25, -0.2) is 4.39 Å². The van der Waals surface area contributed by atoms with Crippen LogP contribution in [0.2, 0.25) is 0 Å². The Morgan fingerprint density at radius 2 is 1.42 bits per heavy atom. The zero-order chi connectivity index (χ0) is 23.6. The van der Waals surface area contributed by atoms with Crippen LogP contribution < -0.4 is 5.32 Å². The monoisotopic (exact) mass is 446 g/mol. The first-order chi connectivity index (χ1) is 15.9. The van der Waals surface area contributed by atoms with Crippen molar-refractivity contribution in [2.75, 3.05) is 6.54 Å². The average Bonchev–Trinajstić information content (AvgIpc) is 2.82. The van der Waals surface area contributed by atoms with Gasteiger partial charge in [-0.05, 0) is 23.1 Å². The van der Waals surface area contributed by atoms with Gasteiger partial charge in [-0.1, -0.05) is 92.7 Å². The van der Waals surface area contributed by atoms with Crippen LogP contribution in [-0.2, 0) is 29.0 Å². The van der Waals surface area contributed by atoms with Crippen LogP contribution in [-0.4, -0.2) is 29.3 Å². The summed E-state index contributed by atoms with van der Waals surface area (Å²) in [6.45, 7) is 4.56. The Kier molecular flexibility index (Phi) is 8.76. The first kappa shape index (κ1) is 24.2. The van der Waals surface area contributed by atoms with E-state index in [1.54, 1.807) is 18.2 Å². The van der Waals surface area contributed by atoms with Crippen LogP contribution in [0.5, 0.6) is 0 Å². The molecule has 5 heteroatoms. The Bertz CT molecular complexity index is 1040. The van der Waals surface area contributed by atoms with Gasteiger partial charge in [0.1, 0.15) is 11.9 Å². The maximum absolute atomic E-state index is 14.5. The molecule has 0 fully saturated rings. The summed E-state index contributed by atoms with van der Waals surface area (Å²) in [5.41, 5.74) is 2.17. The van der Waals surface area contributed by atoms with Crippen LogP contribution in [0.15, 0.2) is 84.9 Å². The number of hydrogen-bond acceptors (Lipinski definition) is 2. The predicted molar refractivity (Wildman–Crippen MR) is 129 cm³/mol. The van der Waals surface area contributed by atoms with Crippen molar-refractivity contribution in [2.24, 2.45) is 5.92 Å². The highest BCUT2D eigenvalue weighted by Gasteiger charge is 2.31. The van der Waals surface area contributed by atoms with Gasteiger partial charge in [0.15, 0.2) is 0 Å². The van der Waals surface area contributed by atoms with E-state index in [1.165, 1.54) is 11.0 Å². The van der Waals surface area contributed by atoms with Gasteiger partial charge >= 0.3 is 0 Å². The molecular weight excluding hydrogens is 415 g/mol. The van der Waals surface area contributed by atoms with E-state index in [0.717, 1.165) is 11.1 Å². The van der Waals surface area contributed by atoms with Gasteiger partial charge in [0.05, 0.1) is 6.42 Å². The standard InChI is InChI=1S/C28H31FN2O2/c1-21(2)19-30-28(33)26(17-22-11-5-3-6-12-22)31(20-24-15-9-10-16-25(24)29)27(32)18-23-13-7-4-8-14-23/h3-16,21,26H,17-20H2,1-2H3,(H,30,33)/t26-/m1/s1. The van der Waals surface area contributed by atoms with Gasteiger partial charge in [0.2, 0.25) is 11.8 Å². The summed E-state index contributed by atoms with van der Waals surface area (Å²) in [5, 5.41) is 2.98. The van der Waals surface area contributed by atoms with Crippen LogP contribution in [0.3, 0.4) is 0 Å². The molecule has 0 aliphatic heterocycles. The minimum absolute atomic E-state index is 0.0188. The van der Waals surface area contributed by atoms with Crippen molar-refractivity contribution in [1.82, 2.24) is 10.2 Å². The molecule has 3 rings (SSSR count). The summed E-state index contributed by atoms with van der Waals surface area (Å²) in [6, 6.07) is 24.6. The molecule has 0 saturated heterocycles. The molecule has 0 bridgehead atoms. The number of carbonyl (C=O) groups is 2. The molecule has 0 saturated carbocycles. The molecule has 1 N–H and O–H groups in total. The summed E-state index contributed by atoms with van der Waals surface area (Å²) in [6.07, 6.45) is 0.484. The van der Waals surface area contributed by atoms with Gasteiger partial charge in [-0.2, -0.15) is 0 Å². The minimum Gasteiger partial charge on any atom is -0.354 e. The van der Waals surface area contributed by atoms with Crippen LogP contribution in [0, 0.1) is 11.7 Å². The third-order valence-electron chi connectivity index (χ3n) is 5.45. The molecule has 172 valence electrons. The van der Waals surface area contributed by atoms with E-state index in [1.807, 2.05) is 74.5 Å². The molecule has 0 unspecified atom stereocenters. The predicted octanol–water partition coefficient (Wildman–Crippen LogP) is 4.78. The average molecular weight is 447 g/mol. The maximum atomic E-state index is 14.5. The fourth-order valence-corrected chi connectivity index (χ4v) is 3.66. The van der Waals surface area contributed by atoms with E-state index in [4.69, 9.17) is 0 Å². The molecule has 0 aliphatic carbocycles. The number of rotatable bonds is 10. The van der Waals surface area contributed by atoms with E-state index >= 15 is 0 Å². The largest absolute Gasteiger partial charge is 0.354 e. The summed E-state index contributed by atoms with van der Waals surface area (Å²) in [4.78, 5) is 28.4. The Morgan fingerprint density at radius 3 is 2.03 bits per heavy atom. The summed E-state index contributed by atoms with van der Waals surface area (Å²) in [7, 11) is 0. The summed E-state index contributed by atoms with van der Waals surface area (Å²) in [5.74, 6) is -0.571. The maximum Gasteiger partial charge on any atom is 0.243 e. The van der Waals surface area contributed by atoms with Crippen LogP contribution in [0.25, 0.3) is 0 Å². The molecule has 0 aromatic heterocycles. The Hall–Kier alpha value is -3.47. The van der Waals surface area contributed by atoms with E-state index < -0.39 is 11.9 Å². The number of benzene rings is 3. The highest BCUT2D eigenvalue weighted by atomic mass is 19.1. The van der Waals surface area contributed by atoms with Crippen molar-refractivity contribution >= 4 is 11.8 Å². The third kappa shape index (κ3) is 7.28. The second-order valence-electron chi connectivity index (χ2n) is 8.62. The lowest BCUT2D eigenvalue weighted by Gasteiger charge is -2.32. The molecule has 0 radical (unpaired) electrons. The molecule has 1 atom stereocenters. The van der Waals surface area contributed by atoms with Gasteiger partial charge in [0, 0.05) is 25.1 Å². The topological polar surface area (TPSA) is 49.4 Å². The Morgan fingerprint density at radius 1 is 0.848 bits per heavy atom. The zero-order valence-corrected chi connectivity index (χ0v) is 19.2. The first-order valence-corrected chi connectivity index (χ1v) is 11.3. The van der Waals surface area contributed by atoms with Crippen LogP contribution in [0.4, 0.5) is 4.39 Å². The van der Waals surface area contributed by atoms with Gasteiger partial charge < -0.3 is 10.2 Å². The zero-order valence-electron chi connectivity index (χ0n) is 19.2. The van der Waals surface area contributed by atoms with Crippen molar-refractivity contribution in [2.45, 2.75) is 39.3 Å². The molecule has 0 aliphatic rings. The van der Waals surface area contributed by atoms with Crippen molar-refractivity contribution in [3.8, 4) is 0 Å². The van der Waals surface area contributed by atoms with Gasteiger partial charge in [0.25, 0.3) is 0 Å². The Labute approximate surface area is 195 Å². The van der Waals surface area contributed by atoms with Crippen molar-refractivity contribution in [3.05, 3.63) is 107 Å². The number of amides is 2. The van der Waals surface area contributed by atoms with E-state index in [0.29, 0.717) is 18.5 Å². The quantitative estimate of drug-likeness (QED) is 0.487. The molecule has 0 heterocycles. The summed E-state index contributed by atoms with van der Waals surface area (Å²) >= 11 is 0. The third-order valence-corrected chi connectivity index (χ3v) is 5.45. The lowest BCUT2D eigenvalue weighted by atomic mass is 10.0. The van der Waals surface area contributed by atoms with E-state index in [2.05, 4.69) is 5.32 Å². The summed E-state index contributed by atoms with van der Waals surface area (Å²) < 4.78 is 14.5. The molecule has 33 heavy (non-hydrogen) atoms. The number of halogens is 1. The lowest BCUT2D eigenvalue weighted by Crippen LogP contribution is -2.51. The number of carbonyl (C=O) groups excluding carboxylic acids is 2. The molecule has 2 amide bonds. The minimum atomic E-state index is -0.762. The van der Waals surface area contributed by atoms with Crippen molar-refractivity contribution in [1.29, 1.82) is 0 Å². The van der Waals surface area contributed by atoms with Gasteiger partial charge in [-0.15, -0.1) is 0 Å². The smallest absolute Gasteiger partial charge is 0.243 e. The number of hydrogen-bond donors (Lipinski definition) is 1. The molecule has 0 spiro atoms. The van der Waals surface area contributed by atoms with Crippen molar-refractivity contribution < 1.29 is 14.0 Å². The molecule has 3 aromatic rings. The van der Waals surface area contributed by atoms with E-state index in [-0.39, 0.29) is 30.7 Å². The fraction of sp³-hybridized carbons (Fsp3) is 0.286. The van der Waals surface area contributed by atoms with Crippen molar-refractivity contribution in [3.63, 3.8) is 0 Å². The second kappa shape index (κ2) is 12.0. The fourth-order valence-electron chi connectivity index (χ4n) is 3.66. The molecule has 4 nitrogen and oxygen atoms in total. The molecular formula is C28H31FN2O2. The second-order valence-corrected chi connectivity index (χ2v) is 8.62.